The lowest BCUT2D eigenvalue weighted by Gasteiger charge is -2.22. The summed E-state index contributed by atoms with van der Waals surface area (Å²) in [4.78, 5) is 21.8. The van der Waals surface area contributed by atoms with E-state index in [4.69, 9.17) is 10.8 Å². The van der Waals surface area contributed by atoms with Crippen molar-refractivity contribution in [3.8, 4) is 0 Å². The van der Waals surface area contributed by atoms with Gasteiger partial charge in [0.1, 0.15) is 0 Å². The van der Waals surface area contributed by atoms with Crippen molar-refractivity contribution < 1.29 is 19.8 Å². The first-order valence-corrected chi connectivity index (χ1v) is 5.26. The van der Waals surface area contributed by atoms with Gasteiger partial charge in [-0.25, -0.2) is 0 Å². The first kappa shape index (κ1) is 14.9. The van der Waals surface area contributed by atoms with Gasteiger partial charge < -0.3 is 21.3 Å². The van der Waals surface area contributed by atoms with Crippen LogP contribution in [0.1, 0.15) is 33.1 Å². The number of rotatable bonds is 7. The predicted molar refractivity (Wildman–Crippen MR) is 58.8 cm³/mol. The molecule has 2 atom stereocenters. The number of nitrogens with one attached hydrogen (secondary N) is 1. The Morgan fingerprint density at radius 1 is 1.50 bits per heavy atom. The molecule has 6 heteroatoms. The normalized spacial score (nSPS) is 16.2. The van der Waals surface area contributed by atoms with Crippen LogP contribution in [-0.4, -0.2) is 40.3 Å². The van der Waals surface area contributed by atoms with Gasteiger partial charge >= 0.3 is 5.97 Å². The zero-order chi connectivity index (χ0) is 12.8. The molecule has 0 aromatic heterocycles. The summed E-state index contributed by atoms with van der Waals surface area (Å²) in [6.07, 6.45) is 0.934. The highest BCUT2D eigenvalue weighted by atomic mass is 16.4. The van der Waals surface area contributed by atoms with E-state index >= 15 is 0 Å². The van der Waals surface area contributed by atoms with Gasteiger partial charge in [-0.05, 0) is 13.3 Å². The van der Waals surface area contributed by atoms with Crippen LogP contribution in [0, 0.1) is 0 Å². The van der Waals surface area contributed by atoms with Crippen LogP contribution in [0.4, 0.5) is 0 Å². The Bertz CT molecular complexity index is 253. The summed E-state index contributed by atoms with van der Waals surface area (Å²) in [5.74, 6) is -1.48. The maximum Gasteiger partial charge on any atom is 0.306 e. The molecule has 94 valence electrons. The lowest BCUT2D eigenvalue weighted by atomic mass is 10.0. The highest BCUT2D eigenvalue weighted by Gasteiger charge is 2.25. The molecular weight excluding hydrogens is 212 g/mol. The summed E-state index contributed by atoms with van der Waals surface area (Å²) >= 11 is 0. The smallest absolute Gasteiger partial charge is 0.306 e. The molecule has 0 aromatic rings. The van der Waals surface area contributed by atoms with Gasteiger partial charge in [0.15, 0.2) is 0 Å². The van der Waals surface area contributed by atoms with Crippen molar-refractivity contribution >= 4 is 11.9 Å². The molecule has 0 radical (unpaired) electrons. The standard InChI is InChI=1S/C10H20N2O4/c1-3-4-7(11)9(15)12-6-10(2,16)5-8(13)14/h7,16H,3-6,11H2,1-2H3,(H,12,15)(H,13,14). The Hall–Kier alpha value is -1.14. The lowest BCUT2D eigenvalue weighted by Crippen LogP contribution is -2.47. The van der Waals surface area contributed by atoms with Gasteiger partial charge in [0.2, 0.25) is 5.91 Å². The van der Waals surface area contributed by atoms with Crippen LogP contribution in [-0.2, 0) is 9.59 Å². The molecule has 0 aliphatic rings. The number of aliphatic hydroxyl groups is 1. The molecule has 0 fully saturated rings. The molecule has 0 aliphatic heterocycles. The number of nitrogens with two attached hydrogens (primary N) is 1. The molecule has 1 amide bonds. The number of carboxylic acids is 1. The fraction of sp³-hybridized carbons (Fsp3) is 0.800. The van der Waals surface area contributed by atoms with E-state index in [2.05, 4.69) is 5.32 Å². The molecule has 0 saturated heterocycles. The highest BCUT2D eigenvalue weighted by molar-refractivity contribution is 5.81. The van der Waals surface area contributed by atoms with Crippen molar-refractivity contribution in [2.75, 3.05) is 6.54 Å². The fourth-order valence-electron chi connectivity index (χ4n) is 1.24. The second-order valence-corrected chi connectivity index (χ2v) is 4.18. The average molecular weight is 232 g/mol. The third kappa shape index (κ3) is 6.36. The van der Waals surface area contributed by atoms with E-state index in [1.165, 1.54) is 6.92 Å². The Morgan fingerprint density at radius 2 is 2.06 bits per heavy atom. The molecule has 5 N–H and O–H groups in total. The molecule has 0 saturated carbocycles. The summed E-state index contributed by atoms with van der Waals surface area (Å²) in [7, 11) is 0. The second kappa shape index (κ2) is 6.44. The van der Waals surface area contributed by atoms with E-state index in [9.17, 15) is 14.7 Å². The molecule has 0 aromatic carbocycles. The number of carbonyl (C=O) groups is 2. The monoisotopic (exact) mass is 232 g/mol. The number of hydrogen-bond donors (Lipinski definition) is 4. The predicted octanol–water partition coefficient (Wildman–Crippen LogP) is -0.544. The van der Waals surface area contributed by atoms with Crippen LogP contribution in [0.3, 0.4) is 0 Å². The van der Waals surface area contributed by atoms with E-state index in [0.29, 0.717) is 6.42 Å². The number of carboxylic acid groups (broad SMARTS) is 1. The van der Waals surface area contributed by atoms with Crippen molar-refractivity contribution in [3.05, 3.63) is 0 Å². The Kier molecular flexibility index (Phi) is 5.98. The molecule has 6 nitrogen and oxygen atoms in total. The third-order valence-electron chi connectivity index (χ3n) is 2.11. The zero-order valence-corrected chi connectivity index (χ0v) is 9.69. The number of hydrogen-bond acceptors (Lipinski definition) is 4. The molecule has 0 heterocycles. The zero-order valence-electron chi connectivity index (χ0n) is 9.69. The first-order chi connectivity index (χ1) is 7.28. The van der Waals surface area contributed by atoms with Crippen LogP contribution in [0.5, 0.6) is 0 Å². The van der Waals surface area contributed by atoms with Crippen LogP contribution in [0.2, 0.25) is 0 Å². The summed E-state index contributed by atoms with van der Waals surface area (Å²) in [6, 6.07) is -0.606. The highest BCUT2D eigenvalue weighted by Crippen LogP contribution is 2.07. The molecule has 0 rings (SSSR count). The summed E-state index contributed by atoms with van der Waals surface area (Å²) in [5.41, 5.74) is 4.10. The molecular formula is C10H20N2O4. The van der Waals surface area contributed by atoms with Crippen molar-refractivity contribution in [1.29, 1.82) is 0 Å². The van der Waals surface area contributed by atoms with Gasteiger partial charge in [-0.3, -0.25) is 9.59 Å². The van der Waals surface area contributed by atoms with Gasteiger partial charge in [0, 0.05) is 6.54 Å². The molecule has 2 unspecified atom stereocenters. The van der Waals surface area contributed by atoms with E-state index in [-0.39, 0.29) is 12.5 Å². The minimum absolute atomic E-state index is 0.116. The van der Waals surface area contributed by atoms with E-state index in [1.807, 2.05) is 6.92 Å². The van der Waals surface area contributed by atoms with Crippen molar-refractivity contribution in [3.63, 3.8) is 0 Å². The Labute approximate surface area is 94.8 Å². The summed E-state index contributed by atoms with van der Waals surface area (Å²) in [5, 5.41) is 20.6. The van der Waals surface area contributed by atoms with E-state index in [0.717, 1.165) is 6.42 Å². The van der Waals surface area contributed by atoms with Gasteiger partial charge in [-0.2, -0.15) is 0 Å². The quantitative estimate of drug-likeness (QED) is 0.470. The minimum atomic E-state index is -1.45. The first-order valence-electron chi connectivity index (χ1n) is 5.26. The van der Waals surface area contributed by atoms with Crippen LogP contribution in [0.25, 0.3) is 0 Å². The summed E-state index contributed by atoms with van der Waals surface area (Å²) in [6.45, 7) is 3.15. The average Bonchev–Trinajstić information content (AvgIpc) is 2.12. The van der Waals surface area contributed by atoms with Gasteiger partial charge in [-0.1, -0.05) is 13.3 Å². The fourth-order valence-corrected chi connectivity index (χ4v) is 1.24. The Morgan fingerprint density at radius 3 is 2.50 bits per heavy atom. The molecule has 16 heavy (non-hydrogen) atoms. The van der Waals surface area contributed by atoms with Crippen molar-refractivity contribution in [2.24, 2.45) is 5.73 Å². The maximum absolute atomic E-state index is 11.4. The number of carbonyl (C=O) groups excluding carboxylic acids is 1. The second-order valence-electron chi connectivity index (χ2n) is 4.18. The third-order valence-corrected chi connectivity index (χ3v) is 2.11. The number of amides is 1. The van der Waals surface area contributed by atoms with Crippen LogP contribution < -0.4 is 11.1 Å². The topological polar surface area (TPSA) is 113 Å². The SMILES string of the molecule is CCCC(N)C(=O)NCC(C)(O)CC(=O)O. The van der Waals surface area contributed by atoms with Gasteiger partial charge in [0.25, 0.3) is 0 Å². The van der Waals surface area contributed by atoms with Crippen LogP contribution in [0.15, 0.2) is 0 Å². The molecule has 0 bridgehead atoms. The van der Waals surface area contributed by atoms with Crippen molar-refractivity contribution in [2.45, 2.75) is 44.8 Å². The summed E-state index contributed by atoms with van der Waals surface area (Å²) < 4.78 is 0. The number of aliphatic carboxylic acids is 1. The van der Waals surface area contributed by atoms with E-state index in [1.54, 1.807) is 0 Å². The Balaban J connectivity index is 4.03. The van der Waals surface area contributed by atoms with Gasteiger partial charge in [-0.15, -0.1) is 0 Å². The molecule has 0 aliphatic carbocycles. The maximum atomic E-state index is 11.4. The molecule has 0 spiro atoms. The van der Waals surface area contributed by atoms with E-state index < -0.39 is 24.0 Å². The largest absolute Gasteiger partial charge is 0.481 e. The lowest BCUT2D eigenvalue weighted by molar-refractivity contribution is -0.142. The minimum Gasteiger partial charge on any atom is -0.481 e. The van der Waals surface area contributed by atoms with Crippen molar-refractivity contribution in [1.82, 2.24) is 5.32 Å². The van der Waals surface area contributed by atoms with Gasteiger partial charge in [0.05, 0.1) is 18.1 Å². The van der Waals surface area contributed by atoms with Crippen LogP contribution >= 0.6 is 0 Å².